The first kappa shape index (κ1) is 29.0. The van der Waals surface area contributed by atoms with Crippen LogP contribution in [0.15, 0.2) is 47.3 Å². The van der Waals surface area contributed by atoms with Gasteiger partial charge in [-0.15, -0.1) is 0 Å². The molecule has 0 unspecified atom stereocenters. The normalized spacial score (nSPS) is 14.6. The topological polar surface area (TPSA) is 113 Å². The third-order valence-electron chi connectivity index (χ3n) is 7.70. The largest absolute Gasteiger partial charge is 0.377 e. The number of anilines is 4. The Labute approximate surface area is 243 Å². The standard InChI is InChI=1S/C31H34FN5O5/c1-18-8-11-25(24(32)12-18)34-29-27(31(41)35(3)22-9-10-22)28(19(2)30(40)36(29)4)37(17-38)23-7-5-6-20(13-23)14-26(39)33-21-15-42-16-21/h5-8,11-13,17,21-22,34H,9-10,14-16H2,1-4H3,(H,33,39). The number of aryl methyl sites for hydroxylation is 1. The summed E-state index contributed by atoms with van der Waals surface area (Å²) in [6.45, 7) is 4.26. The van der Waals surface area contributed by atoms with Gasteiger partial charge >= 0.3 is 0 Å². The molecule has 1 aromatic heterocycles. The molecule has 220 valence electrons. The first-order chi connectivity index (χ1) is 20.1. The van der Waals surface area contributed by atoms with Gasteiger partial charge in [0.1, 0.15) is 17.2 Å². The van der Waals surface area contributed by atoms with Gasteiger partial charge in [0.05, 0.1) is 37.1 Å². The number of hydrogen-bond donors (Lipinski definition) is 2. The molecule has 0 atom stereocenters. The predicted molar refractivity (Wildman–Crippen MR) is 157 cm³/mol. The van der Waals surface area contributed by atoms with Gasteiger partial charge in [0, 0.05) is 31.4 Å². The maximum atomic E-state index is 15.0. The van der Waals surface area contributed by atoms with E-state index in [1.807, 2.05) is 0 Å². The third-order valence-corrected chi connectivity index (χ3v) is 7.70. The number of ether oxygens (including phenoxy) is 1. The summed E-state index contributed by atoms with van der Waals surface area (Å²) in [7, 11) is 3.18. The van der Waals surface area contributed by atoms with Gasteiger partial charge in [-0.05, 0) is 62.1 Å². The molecule has 42 heavy (non-hydrogen) atoms. The summed E-state index contributed by atoms with van der Waals surface area (Å²) < 4.78 is 21.3. The minimum Gasteiger partial charge on any atom is -0.377 e. The van der Waals surface area contributed by atoms with Crippen LogP contribution in [0, 0.1) is 19.7 Å². The molecule has 5 rings (SSSR count). The lowest BCUT2D eigenvalue weighted by Gasteiger charge is -2.29. The number of halogens is 1. The van der Waals surface area contributed by atoms with E-state index in [1.54, 1.807) is 56.1 Å². The molecular formula is C31H34FN5O5. The first-order valence-electron chi connectivity index (χ1n) is 13.8. The molecule has 10 nitrogen and oxygen atoms in total. The second-order valence-electron chi connectivity index (χ2n) is 10.9. The van der Waals surface area contributed by atoms with Gasteiger partial charge in [0.15, 0.2) is 0 Å². The minimum absolute atomic E-state index is 0.0170. The molecule has 3 amide bonds. The Morgan fingerprint density at radius 3 is 2.50 bits per heavy atom. The number of carbonyl (C=O) groups is 3. The molecule has 2 N–H and O–H groups in total. The van der Waals surface area contributed by atoms with E-state index >= 15 is 0 Å². The maximum absolute atomic E-state index is 15.0. The summed E-state index contributed by atoms with van der Waals surface area (Å²) in [5.41, 5.74) is 1.66. The van der Waals surface area contributed by atoms with Crippen LogP contribution in [0.25, 0.3) is 0 Å². The lowest BCUT2D eigenvalue weighted by atomic mass is 10.0. The zero-order chi connectivity index (χ0) is 30.1. The number of carbonyl (C=O) groups excluding carboxylic acids is 3. The highest BCUT2D eigenvalue weighted by Gasteiger charge is 2.36. The van der Waals surface area contributed by atoms with Gasteiger partial charge in [-0.2, -0.15) is 0 Å². The molecule has 1 saturated carbocycles. The monoisotopic (exact) mass is 575 g/mol. The Balaban J connectivity index is 1.62. The average molecular weight is 576 g/mol. The van der Waals surface area contributed by atoms with Crippen LogP contribution in [0.3, 0.4) is 0 Å². The van der Waals surface area contributed by atoms with Crippen molar-refractivity contribution in [1.82, 2.24) is 14.8 Å². The summed E-state index contributed by atoms with van der Waals surface area (Å²) in [6, 6.07) is 11.4. The summed E-state index contributed by atoms with van der Waals surface area (Å²) in [5.74, 6) is -1.08. The Morgan fingerprint density at radius 2 is 1.88 bits per heavy atom. The first-order valence-corrected chi connectivity index (χ1v) is 13.8. The van der Waals surface area contributed by atoms with Crippen LogP contribution in [-0.4, -0.2) is 60.0 Å². The van der Waals surface area contributed by atoms with Crippen LogP contribution in [0.4, 0.5) is 27.3 Å². The van der Waals surface area contributed by atoms with Crippen molar-refractivity contribution in [2.75, 3.05) is 30.5 Å². The molecule has 0 spiro atoms. The Bertz CT molecular complexity index is 1610. The molecule has 11 heteroatoms. The number of nitrogens with zero attached hydrogens (tertiary/aromatic N) is 3. The highest BCUT2D eigenvalue weighted by Crippen LogP contribution is 2.38. The van der Waals surface area contributed by atoms with Crippen LogP contribution >= 0.6 is 0 Å². The SMILES string of the molecule is Cc1ccc(Nc2c(C(=O)N(C)C3CC3)c(N(C=O)c3cccc(CC(=O)NC4COC4)c3)c(C)c(=O)n2C)c(F)c1. The van der Waals surface area contributed by atoms with Gasteiger partial charge in [0.25, 0.3) is 11.5 Å². The number of pyridine rings is 1. The van der Waals surface area contributed by atoms with E-state index in [0.717, 1.165) is 12.8 Å². The third kappa shape index (κ3) is 5.78. The summed E-state index contributed by atoms with van der Waals surface area (Å²) in [4.78, 5) is 55.7. The van der Waals surface area contributed by atoms with Crippen LogP contribution in [0.5, 0.6) is 0 Å². The van der Waals surface area contributed by atoms with Crippen molar-refractivity contribution in [2.45, 2.75) is 45.2 Å². The van der Waals surface area contributed by atoms with Crippen molar-refractivity contribution < 1.29 is 23.5 Å². The zero-order valence-electron chi connectivity index (χ0n) is 24.1. The number of aromatic nitrogens is 1. The van der Waals surface area contributed by atoms with Gasteiger partial charge in [-0.3, -0.25) is 28.6 Å². The van der Waals surface area contributed by atoms with Crippen LogP contribution in [0.1, 0.15) is 39.9 Å². The van der Waals surface area contributed by atoms with E-state index in [9.17, 15) is 23.6 Å². The maximum Gasteiger partial charge on any atom is 0.259 e. The molecular weight excluding hydrogens is 541 g/mol. The lowest BCUT2D eigenvalue weighted by Crippen LogP contribution is -2.49. The summed E-state index contributed by atoms with van der Waals surface area (Å²) in [6.07, 6.45) is 2.29. The molecule has 0 bridgehead atoms. The molecule has 0 radical (unpaired) electrons. The molecule has 1 aliphatic heterocycles. The van der Waals surface area contributed by atoms with Gasteiger partial charge in [-0.25, -0.2) is 4.39 Å². The van der Waals surface area contributed by atoms with E-state index in [2.05, 4.69) is 10.6 Å². The van der Waals surface area contributed by atoms with Gasteiger partial charge in [-0.1, -0.05) is 18.2 Å². The lowest BCUT2D eigenvalue weighted by molar-refractivity contribution is -0.124. The van der Waals surface area contributed by atoms with E-state index in [4.69, 9.17) is 4.74 Å². The van der Waals surface area contributed by atoms with Crippen molar-refractivity contribution >= 4 is 41.1 Å². The summed E-state index contributed by atoms with van der Waals surface area (Å²) in [5, 5.41) is 5.87. The zero-order valence-corrected chi connectivity index (χ0v) is 24.1. The molecule has 2 heterocycles. The average Bonchev–Trinajstić information content (AvgIpc) is 3.79. The van der Waals surface area contributed by atoms with Crippen LogP contribution in [-0.2, 0) is 27.8 Å². The fourth-order valence-corrected chi connectivity index (χ4v) is 5.07. The fourth-order valence-electron chi connectivity index (χ4n) is 5.07. The quantitative estimate of drug-likeness (QED) is 0.358. The number of nitrogens with one attached hydrogen (secondary N) is 2. The predicted octanol–water partition coefficient (Wildman–Crippen LogP) is 3.47. The van der Waals surface area contributed by atoms with E-state index in [0.29, 0.717) is 36.4 Å². The van der Waals surface area contributed by atoms with E-state index in [1.165, 1.54) is 28.6 Å². The summed E-state index contributed by atoms with van der Waals surface area (Å²) >= 11 is 0. The molecule has 2 aliphatic rings. The van der Waals surface area contributed by atoms with Crippen molar-refractivity contribution in [3.05, 3.63) is 80.9 Å². The smallest absolute Gasteiger partial charge is 0.259 e. The van der Waals surface area contributed by atoms with Crippen molar-refractivity contribution in [1.29, 1.82) is 0 Å². The van der Waals surface area contributed by atoms with Crippen molar-refractivity contribution in [3.8, 4) is 0 Å². The molecule has 2 fully saturated rings. The molecule has 2 aromatic carbocycles. The molecule has 3 aromatic rings. The van der Waals surface area contributed by atoms with E-state index in [-0.39, 0.29) is 52.7 Å². The number of rotatable bonds is 10. The Hall–Kier alpha value is -4.51. The Kier molecular flexibility index (Phi) is 8.13. The molecule has 1 saturated heterocycles. The number of amides is 3. The Morgan fingerprint density at radius 1 is 1.14 bits per heavy atom. The second kappa shape index (κ2) is 11.8. The highest BCUT2D eigenvalue weighted by molar-refractivity contribution is 6.09. The van der Waals surface area contributed by atoms with Crippen molar-refractivity contribution in [2.24, 2.45) is 7.05 Å². The van der Waals surface area contributed by atoms with Crippen molar-refractivity contribution in [3.63, 3.8) is 0 Å². The molecule has 1 aliphatic carbocycles. The minimum atomic E-state index is -0.551. The number of hydrogen-bond acceptors (Lipinski definition) is 6. The second-order valence-corrected chi connectivity index (χ2v) is 10.9. The van der Waals surface area contributed by atoms with Crippen LogP contribution < -0.4 is 21.1 Å². The van der Waals surface area contributed by atoms with E-state index < -0.39 is 17.3 Å². The van der Waals surface area contributed by atoms with Gasteiger partial charge in [0.2, 0.25) is 12.3 Å². The number of benzene rings is 2. The van der Waals surface area contributed by atoms with Gasteiger partial charge < -0.3 is 20.3 Å². The highest BCUT2D eigenvalue weighted by atomic mass is 19.1. The fraction of sp³-hybridized carbons (Fsp3) is 0.355. The van der Waals surface area contributed by atoms with Crippen LogP contribution in [0.2, 0.25) is 0 Å².